The lowest BCUT2D eigenvalue weighted by Gasteiger charge is -2.51. The molecular formula is C25H37NO8. The number of aliphatic hydroxyl groups excluding tert-OH is 2. The Morgan fingerprint density at radius 1 is 1.29 bits per heavy atom. The molecule has 4 fully saturated rings. The molecule has 34 heavy (non-hydrogen) atoms. The molecule has 12 atom stereocenters. The molecule has 2 heterocycles. The number of esters is 2. The largest absolute Gasteiger partial charge is 0.472 e. The minimum atomic E-state index is -0.998. The summed E-state index contributed by atoms with van der Waals surface area (Å²) in [6.07, 6.45) is -0.677. The first kappa shape index (κ1) is 24.0. The van der Waals surface area contributed by atoms with E-state index < -0.39 is 53.5 Å². The quantitative estimate of drug-likeness (QED) is 0.458. The summed E-state index contributed by atoms with van der Waals surface area (Å²) < 4.78 is 24.0. The highest BCUT2D eigenvalue weighted by Gasteiger charge is 2.82. The van der Waals surface area contributed by atoms with Gasteiger partial charge in [0.05, 0.1) is 30.5 Å². The van der Waals surface area contributed by atoms with Gasteiger partial charge in [0, 0.05) is 34.7 Å². The first-order chi connectivity index (χ1) is 15.9. The molecule has 3 aliphatic carbocycles. The monoisotopic (exact) mass is 479 g/mol. The van der Waals surface area contributed by atoms with Gasteiger partial charge in [-0.15, -0.1) is 0 Å². The maximum atomic E-state index is 13.3. The SMILES string of the molecule is CC(C)[C@H](N)C(=O)OC1[C@@H]2OC(=O)[C@]3(C)[C@H]1C[C@@]14C2=CO[C@@H](OC[C@@H](C)[C@H](C)O)[C@H]1C[C@@H](O)[C@@H]34. The van der Waals surface area contributed by atoms with E-state index in [-0.39, 0.29) is 35.6 Å². The van der Waals surface area contributed by atoms with Crippen LogP contribution >= 0.6 is 0 Å². The van der Waals surface area contributed by atoms with E-state index in [4.69, 9.17) is 24.7 Å². The molecule has 190 valence electrons. The van der Waals surface area contributed by atoms with E-state index in [9.17, 15) is 19.8 Å². The Morgan fingerprint density at radius 3 is 2.65 bits per heavy atom. The summed E-state index contributed by atoms with van der Waals surface area (Å²) in [5, 5.41) is 21.1. The van der Waals surface area contributed by atoms with Crippen molar-refractivity contribution >= 4 is 11.9 Å². The third kappa shape index (κ3) is 2.99. The number of nitrogens with two attached hydrogens (primary N) is 1. The van der Waals surface area contributed by atoms with Gasteiger partial charge in [-0.2, -0.15) is 0 Å². The molecule has 0 aromatic rings. The van der Waals surface area contributed by atoms with Gasteiger partial charge in [0.1, 0.15) is 12.1 Å². The fourth-order valence-electron chi connectivity index (χ4n) is 7.41. The number of carbonyl (C=O) groups is 2. The predicted octanol–water partition coefficient (Wildman–Crippen LogP) is 1.10. The number of hydrogen-bond acceptors (Lipinski definition) is 9. The minimum Gasteiger partial charge on any atom is -0.472 e. The molecule has 9 heteroatoms. The van der Waals surface area contributed by atoms with Gasteiger partial charge in [0.25, 0.3) is 0 Å². The van der Waals surface area contributed by atoms with Crippen molar-refractivity contribution in [1.29, 1.82) is 0 Å². The molecule has 2 aliphatic heterocycles. The topological polar surface area (TPSA) is 138 Å². The Hall–Kier alpha value is -1.68. The standard InChI is InChI=1S/C25H37NO8/c1-10(2)17(26)21(29)33-18-14-7-25-13-6-16(28)20(25)24(14,5)23(30)34-19(18)15(25)9-32-22(13)31-8-11(3)12(4)27/h9-14,16-20,22,27-28H,6-8,26H2,1-5H3/t11-,12+,13-,14+,16-,17+,18?,19-,20+,22-,24-,25+/m1/s1. The second kappa shape index (κ2) is 7.91. The summed E-state index contributed by atoms with van der Waals surface area (Å²) in [4.78, 5) is 26.1. The first-order valence-electron chi connectivity index (χ1n) is 12.5. The Bertz CT molecular complexity index is 903. The first-order valence-corrected chi connectivity index (χ1v) is 12.5. The molecule has 0 aromatic heterocycles. The van der Waals surface area contributed by atoms with Crippen molar-refractivity contribution in [3.63, 3.8) is 0 Å². The van der Waals surface area contributed by atoms with Crippen LogP contribution in [0.1, 0.15) is 47.5 Å². The highest BCUT2D eigenvalue weighted by molar-refractivity contribution is 5.82. The smallest absolute Gasteiger partial charge is 0.323 e. The summed E-state index contributed by atoms with van der Waals surface area (Å²) in [5.74, 6) is -1.90. The molecule has 0 amide bonds. The fraction of sp³-hybridized carbons (Fsp3) is 0.840. The molecule has 9 nitrogen and oxygen atoms in total. The Labute approximate surface area is 199 Å². The lowest BCUT2D eigenvalue weighted by molar-refractivity contribution is -0.213. The summed E-state index contributed by atoms with van der Waals surface area (Å²) in [7, 11) is 0. The Balaban J connectivity index is 1.51. The summed E-state index contributed by atoms with van der Waals surface area (Å²) in [5.41, 5.74) is 5.28. The lowest BCUT2D eigenvalue weighted by atomic mass is 9.61. The molecule has 3 saturated carbocycles. The zero-order valence-electron chi connectivity index (χ0n) is 20.5. The van der Waals surface area contributed by atoms with E-state index in [0.717, 1.165) is 5.57 Å². The van der Waals surface area contributed by atoms with Crippen molar-refractivity contribution in [3.8, 4) is 0 Å². The van der Waals surface area contributed by atoms with Crippen LogP contribution in [0.3, 0.4) is 0 Å². The van der Waals surface area contributed by atoms with Crippen LogP contribution in [0.2, 0.25) is 0 Å². The van der Waals surface area contributed by atoms with E-state index >= 15 is 0 Å². The molecule has 5 aliphatic rings. The van der Waals surface area contributed by atoms with Gasteiger partial charge in [0.2, 0.25) is 6.29 Å². The van der Waals surface area contributed by atoms with Crippen LogP contribution in [0.4, 0.5) is 0 Å². The molecular weight excluding hydrogens is 442 g/mol. The van der Waals surface area contributed by atoms with Gasteiger partial charge >= 0.3 is 11.9 Å². The summed E-state index contributed by atoms with van der Waals surface area (Å²) in [6, 6.07) is -0.776. The number of hydrogen-bond donors (Lipinski definition) is 3. The van der Waals surface area contributed by atoms with Crippen LogP contribution in [0, 0.1) is 40.4 Å². The van der Waals surface area contributed by atoms with Crippen LogP contribution < -0.4 is 5.73 Å². The zero-order chi connectivity index (χ0) is 24.7. The average Bonchev–Trinajstić information content (AvgIpc) is 3.18. The predicted molar refractivity (Wildman–Crippen MR) is 119 cm³/mol. The number of ether oxygens (including phenoxy) is 4. The van der Waals surface area contributed by atoms with E-state index in [1.54, 1.807) is 13.2 Å². The Morgan fingerprint density at radius 2 is 2.00 bits per heavy atom. The molecule has 3 bridgehead atoms. The van der Waals surface area contributed by atoms with Crippen LogP contribution in [-0.2, 0) is 28.5 Å². The van der Waals surface area contributed by atoms with E-state index in [1.807, 2.05) is 27.7 Å². The average molecular weight is 480 g/mol. The number of aliphatic hydroxyl groups is 2. The molecule has 4 N–H and O–H groups in total. The number of rotatable bonds is 7. The summed E-state index contributed by atoms with van der Waals surface area (Å²) >= 11 is 0. The molecule has 0 radical (unpaired) electrons. The van der Waals surface area contributed by atoms with E-state index in [2.05, 4.69) is 0 Å². The molecule has 0 aromatic carbocycles. The van der Waals surface area contributed by atoms with Gasteiger partial charge in [0.15, 0.2) is 6.10 Å². The van der Waals surface area contributed by atoms with Crippen molar-refractivity contribution in [1.82, 2.24) is 0 Å². The molecule has 1 saturated heterocycles. The third-order valence-electron chi connectivity index (χ3n) is 9.53. The second-order valence-electron chi connectivity index (χ2n) is 11.6. The van der Waals surface area contributed by atoms with Crippen molar-refractivity contribution < 1.29 is 38.7 Å². The van der Waals surface area contributed by atoms with Gasteiger partial charge in [-0.05, 0) is 32.6 Å². The van der Waals surface area contributed by atoms with Crippen LogP contribution in [0.15, 0.2) is 11.8 Å². The van der Waals surface area contributed by atoms with Crippen LogP contribution in [0.5, 0.6) is 0 Å². The van der Waals surface area contributed by atoms with Crippen molar-refractivity contribution in [2.45, 2.75) is 84.2 Å². The van der Waals surface area contributed by atoms with Gasteiger partial charge in [-0.25, -0.2) is 0 Å². The zero-order valence-corrected chi connectivity index (χ0v) is 20.5. The number of fused-ring (bicyclic) bond motifs is 3. The van der Waals surface area contributed by atoms with Crippen LogP contribution in [0.25, 0.3) is 0 Å². The number of carbonyl (C=O) groups excluding carboxylic acids is 2. The van der Waals surface area contributed by atoms with Crippen molar-refractivity contribution in [3.05, 3.63) is 11.8 Å². The van der Waals surface area contributed by atoms with Gasteiger partial charge in [-0.1, -0.05) is 20.8 Å². The van der Waals surface area contributed by atoms with Crippen molar-refractivity contribution in [2.24, 2.45) is 46.2 Å². The normalized spacial score (nSPS) is 46.3. The molecule has 1 unspecified atom stereocenters. The maximum absolute atomic E-state index is 13.3. The Kier molecular flexibility index (Phi) is 5.59. The minimum absolute atomic E-state index is 0.0798. The van der Waals surface area contributed by atoms with E-state index in [0.29, 0.717) is 19.4 Å². The highest BCUT2D eigenvalue weighted by Crippen LogP contribution is 2.77. The highest BCUT2D eigenvalue weighted by atomic mass is 16.7. The maximum Gasteiger partial charge on any atom is 0.323 e. The molecule has 5 rings (SSSR count). The molecule has 1 spiro atoms. The van der Waals surface area contributed by atoms with E-state index in [1.165, 1.54) is 0 Å². The van der Waals surface area contributed by atoms with Crippen LogP contribution in [-0.4, -0.2) is 65.5 Å². The van der Waals surface area contributed by atoms with Gasteiger partial charge < -0.3 is 34.9 Å². The van der Waals surface area contributed by atoms with Crippen molar-refractivity contribution in [2.75, 3.05) is 6.61 Å². The fourth-order valence-corrected chi connectivity index (χ4v) is 7.41. The van der Waals surface area contributed by atoms with Gasteiger partial charge in [-0.3, -0.25) is 9.59 Å². The summed E-state index contributed by atoms with van der Waals surface area (Å²) in [6.45, 7) is 9.48. The second-order valence-corrected chi connectivity index (χ2v) is 11.6. The lowest BCUT2D eigenvalue weighted by Crippen LogP contribution is -2.59. The third-order valence-corrected chi connectivity index (χ3v) is 9.53.